The van der Waals surface area contributed by atoms with E-state index in [1.165, 1.54) is 12.8 Å². The molecular formula is C17H34N3O4. The van der Waals surface area contributed by atoms with Crippen molar-refractivity contribution in [2.75, 3.05) is 53.0 Å². The molecule has 1 aliphatic carbocycles. The average Bonchev–Trinajstić information content (AvgIpc) is 3.09. The summed E-state index contributed by atoms with van der Waals surface area (Å²) in [6, 6.07) is 0.491. The number of hydrogen-bond donors (Lipinski definition) is 2. The van der Waals surface area contributed by atoms with Crippen LogP contribution >= 0.6 is 0 Å². The van der Waals surface area contributed by atoms with Gasteiger partial charge in [0.15, 0.2) is 0 Å². The molecule has 0 spiro atoms. The van der Waals surface area contributed by atoms with Crippen molar-refractivity contribution in [1.29, 1.82) is 0 Å². The minimum absolute atomic E-state index is 0.0591. The second kappa shape index (κ2) is 10.0. The van der Waals surface area contributed by atoms with Gasteiger partial charge in [-0.15, -0.1) is 0 Å². The maximum Gasteiger partial charge on any atom is 0.137 e. The van der Waals surface area contributed by atoms with Crippen LogP contribution in [0, 0.1) is 0 Å². The first-order valence-corrected chi connectivity index (χ1v) is 9.25. The molecule has 7 nitrogen and oxygen atoms in total. The van der Waals surface area contributed by atoms with Crippen LogP contribution in [0.25, 0.3) is 0 Å². The molecule has 2 fully saturated rings. The van der Waals surface area contributed by atoms with Crippen LogP contribution in [-0.2, 0) is 9.84 Å². The fourth-order valence-electron chi connectivity index (χ4n) is 3.89. The molecule has 3 unspecified atom stereocenters. The Labute approximate surface area is 145 Å². The summed E-state index contributed by atoms with van der Waals surface area (Å²) in [5, 5.41) is 31.0. The van der Waals surface area contributed by atoms with E-state index in [0.29, 0.717) is 25.7 Å². The van der Waals surface area contributed by atoms with Crippen molar-refractivity contribution >= 4 is 0 Å². The first-order valence-electron chi connectivity index (χ1n) is 9.25. The predicted octanol–water partition coefficient (Wildman–Crippen LogP) is -0.0492. The minimum Gasteiger partial charge on any atom is -0.395 e. The molecule has 0 aromatic heterocycles. The largest absolute Gasteiger partial charge is 0.395 e. The van der Waals surface area contributed by atoms with Crippen LogP contribution in [0.3, 0.4) is 0 Å². The fourth-order valence-corrected chi connectivity index (χ4v) is 3.89. The first-order chi connectivity index (χ1) is 11.6. The van der Waals surface area contributed by atoms with Gasteiger partial charge in [0.25, 0.3) is 0 Å². The number of ether oxygens (including phenoxy) is 1. The lowest BCUT2D eigenvalue weighted by atomic mass is 10.2. The number of nitrogens with zero attached hydrogens (tertiary/aromatic N) is 3. The summed E-state index contributed by atoms with van der Waals surface area (Å²) < 4.78 is 5.86. The van der Waals surface area contributed by atoms with Gasteiger partial charge in [-0.05, 0) is 26.8 Å². The molecule has 7 heteroatoms. The second-order valence-electron chi connectivity index (χ2n) is 7.11. The lowest BCUT2D eigenvalue weighted by Gasteiger charge is -2.41. The molecule has 0 amide bonds. The zero-order valence-corrected chi connectivity index (χ0v) is 15.1. The summed E-state index contributed by atoms with van der Waals surface area (Å²) in [5.74, 6) is 0. The fraction of sp³-hybridized carbons (Fsp3) is 1.00. The zero-order chi connectivity index (χ0) is 17.5. The van der Waals surface area contributed by atoms with Crippen molar-refractivity contribution in [3.8, 4) is 0 Å². The molecule has 1 radical (unpaired) electrons. The summed E-state index contributed by atoms with van der Waals surface area (Å²) in [6.07, 6.45) is 3.78. The second-order valence-corrected chi connectivity index (χ2v) is 7.11. The minimum atomic E-state index is -0.482. The molecule has 2 rings (SSSR count). The molecule has 0 bridgehead atoms. The lowest BCUT2D eigenvalue weighted by Crippen LogP contribution is -2.57. The quantitative estimate of drug-likeness (QED) is 0.571. The van der Waals surface area contributed by atoms with E-state index in [9.17, 15) is 15.3 Å². The Morgan fingerprint density at radius 2 is 2.00 bits per heavy atom. The van der Waals surface area contributed by atoms with Crippen molar-refractivity contribution in [2.45, 2.75) is 57.1 Å². The van der Waals surface area contributed by atoms with Crippen molar-refractivity contribution in [3.05, 3.63) is 0 Å². The molecule has 0 aromatic carbocycles. The number of piperazine rings is 1. The Morgan fingerprint density at radius 3 is 2.58 bits per heavy atom. The van der Waals surface area contributed by atoms with E-state index in [2.05, 4.69) is 9.80 Å². The Balaban J connectivity index is 1.79. The Kier molecular flexibility index (Phi) is 8.36. The van der Waals surface area contributed by atoms with Gasteiger partial charge >= 0.3 is 0 Å². The first kappa shape index (κ1) is 20.0. The summed E-state index contributed by atoms with van der Waals surface area (Å²) >= 11 is 0. The summed E-state index contributed by atoms with van der Waals surface area (Å²) in [4.78, 5) is 6.25. The van der Waals surface area contributed by atoms with Gasteiger partial charge in [-0.2, -0.15) is 0 Å². The van der Waals surface area contributed by atoms with Crippen LogP contribution in [0.4, 0.5) is 0 Å². The molecule has 2 aliphatic rings. The molecule has 2 N–H and O–H groups in total. The van der Waals surface area contributed by atoms with Crippen LogP contribution in [0.15, 0.2) is 0 Å². The van der Waals surface area contributed by atoms with E-state index in [4.69, 9.17) is 4.74 Å². The summed E-state index contributed by atoms with van der Waals surface area (Å²) in [7, 11) is 1.99. The molecule has 141 valence electrons. The van der Waals surface area contributed by atoms with E-state index in [1.54, 1.807) is 6.92 Å². The van der Waals surface area contributed by atoms with Crippen LogP contribution < -0.4 is 0 Å². The highest BCUT2D eigenvalue weighted by Gasteiger charge is 2.30. The van der Waals surface area contributed by atoms with Crippen molar-refractivity contribution in [2.24, 2.45) is 0 Å². The van der Waals surface area contributed by atoms with Gasteiger partial charge in [-0.1, -0.05) is 12.8 Å². The van der Waals surface area contributed by atoms with Crippen LogP contribution in [0.2, 0.25) is 0 Å². The molecule has 1 saturated heterocycles. The predicted molar refractivity (Wildman–Crippen MR) is 91.0 cm³/mol. The van der Waals surface area contributed by atoms with Crippen molar-refractivity contribution in [1.82, 2.24) is 14.7 Å². The molecule has 24 heavy (non-hydrogen) atoms. The van der Waals surface area contributed by atoms with Gasteiger partial charge in [0.05, 0.1) is 13.2 Å². The highest BCUT2D eigenvalue weighted by molar-refractivity contribution is 4.81. The number of aliphatic hydroxyl groups excluding tert-OH is 2. The molecular weight excluding hydrogens is 310 g/mol. The molecule has 3 atom stereocenters. The van der Waals surface area contributed by atoms with Gasteiger partial charge in [-0.3, -0.25) is 14.7 Å². The van der Waals surface area contributed by atoms with E-state index < -0.39 is 12.5 Å². The van der Waals surface area contributed by atoms with Crippen molar-refractivity contribution in [3.63, 3.8) is 0 Å². The zero-order valence-electron chi connectivity index (χ0n) is 15.1. The summed E-state index contributed by atoms with van der Waals surface area (Å²) in [6.45, 7) is 4.95. The Bertz CT molecular complexity index is 353. The van der Waals surface area contributed by atoms with Gasteiger partial charge in [0.2, 0.25) is 0 Å². The standard InChI is InChI=1S/C17H34N3O4/c1-14(23)20(15-5-3-4-6-15)9-10-24-17(13-22)19-8-7-18(2)16(11-19)12-21/h14-17,21,23H,3-13H2,1-2H3. The normalized spacial score (nSPS) is 27.0. The van der Waals surface area contributed by atoms with E-state index in [0.717, 1.165) is 25.9 Å². The third-order valence-corrected chi connectivity index (χ3v) is 5.50. The van der Waals surface area contributed by atoms with Gasteiger partial charge in [-0.25, -0.2) is 5.11 Å². The summed E-state index contributed by atoms with van der Waals surface area (Å²) in [5.41, 5.74) is 0. The Hall–Kier alpha value is -0.280. The smallest absolute Gasteiger partial charge is 0.137 e. The molecule has 0 aromatic rings. The van der Waals surface area contributed by atoms with Crippen molar-refractivity contribution < 1.29 is 20.1 Å². The third-order valence-electron chi connectivity index (χ3n) is 5.50. The Morgan fingerprint density at radius 1 is 1.29 bits per heavy atom. The monoisotopic (exact) mass is 344 g/mol. The van der Waals surface area contributed by atoms with E-state index >= 15 is 0 Å². The molecule has 1 saturated carbocycles. The molecule has 1 aliphatic heterocycles. The third kappa shape index (κ3) is 5.36. The highest BCUT2D eigenvalue weighted by Crippen LogP contribution is 2.24. The van der Waals surface area contributed by atoms with Crippen LogP contribution in [-0.4, -0.2) is 102 Å². The number of rotatable bonds is 9. The number of hydrogen-bond acceptors (Lipinski definition) is 6. The number of aliphatic hydroxyl groups is 2. The lowest BCUT2D eigenvalue weighted by molar-refractivity contribution is -0.130. The van der Waals surface area contributed by atoms with E-state index in [1.807, 2.05) is 11.9 Å². The average molecular weight is 344 g/mol. The van der Waals surface area contributed by atoms with Gasteiger partial charge in [0, 0.05) is 38.3 Å². The van der Waals surface area contributed by atoms with Crippen LogP contribution in [0.5, 0.6) is 0 Å². The van der Waals surface area contributed by atoms with E-state index in [-0.39, 0.29) is 19.3 Å². The highest BCUT2D eigenvalue weighted by atomic mass is 16.5. The van der Waals surface area contributed by atoms with Gasteiger partial charge in [0.1, 0.15) is 19.1 Å². The number of likely N-dealkylation sites (N-methyl/N-ethyl adjacent to an activating group) is 1. The maximum atomic E-state index is 11.6. The SMILES string of the molecule is CC(O)N(CCOC(C[O])N1CCN(C)C(CO)C1)C1CCCC1. The molecule has 1 heterocycles. The van der Waals surface area contributed by atoms with Crippen LogP contribution in [0.1, 0.15) is 32.6 Å². The van der Waals surface area contributed by atoms with Gasteiger partial charge < -0.3 is 14.9 Å². The topological polar surface area (TPSA) is 79.3 Å². The maximum absolute atomic E-state index is 11.6.